The van der Waals surface area contributed by atoms with Crippen LogP contribution in [0.15, 0.2) is 24.3 Å². The van der Waals surface area contributed by atoms with Gasteiger partial charge in [0, 0.05) is 11.9 Å². The van der Waals surface area contributed by atoms with Crippen LogP contribution in [0.2, 0.25) is 5.02 Å². The molecule has 1 aromatic carbocycles. The van der Waals surface area contributed by atoms with E-state index in [-0.39, 0.29) is 12.6 Å². The van der Waals surface area contributed by atoms with Crippen molar-refractivity contribution >= 4 is 17.6 Å². The van der Waals surface area contributed by atoms with Gasteiger partial charge in [-0.1, -0.05) is 11.6 Å². The summed E-state index contributed by atoms with van der Waals surface area (Å²) < 4.78 is 9.97. The zero-order valence-corrected chi connectivity index (χ0v) is 8.58. The summed E-state index contributed by atoms with van der Waals surface area (Å²) in [6, 6.07) is 7.00. The van der Waals surface area contributed by atoms with Crippen LogP contribution in [-0.2, 0) is 9.53 Å². The average Bonchev–Trinajstić information content (AvgIpc) is 2.15. The first-order valence-corrected chi connectivity index (χ1v) is 4.58. The third-order valence-corrected chi connectivity index (χ3v) is 1.72. The van der Waals surface area contributed by atoms with E-state index in [9.17, 15) is 4.79 Å². The molecule has 0 aliphatic heterocycles. The van der Waals surface area contributed by atoms with E-state index in [4.69, 9.17) is 21.1 Å². The Morgan fingerprint density at radius 3 is 2.50 bits per heavy atom. The standard InChI is InChI=1S/C10H11ClO3/c1-8(12)13-6-7-14-10-4-2-9(11)3-5-10/h2-5H,6-7H2,1H3. The van der Waals surface area contributed by atoms with Crippen LogP contribution in [0.1, 0.15) is 6.92 Å². The zero-order valence-electron chi connectivity index (χ0n) is 7.83. The van der Waals surface area contributed by atoms with Gasteiger partial charge in [0.15, 0.2) is 0 Å². The van der Waals surface area contributed by atoms with Gasteiger partial charge < -0.3 is 9.47 Å². The lowest BCUT2D eigenvalue weighted by molar-refractivity contribution is -0.141. The number of carbonyl (C=O) groups is 1. The smallest absolute Gasteiger partial charge is 0.302 e. The monoisotopic (exact) mass is 214 g/mol. The second-order valence-electron chi connectivity index (χ2n) is 2.64. The summed E-state index contributed by atoms with van der Waals surface area (Å²) in [6.45, 7) is 1.97. The third kappa shape index (κ3) is 4.14. The van der Waals surface area contributed by atoms with Gasteiger partial charge >= 0.3 is 5.97 Å². The number of hydrogen-bond acceptors (Lipinski definition) is 3. The number of carbonyl (C=O) groups excluding carboxylic acids is 1. The fourth-order valence-corrected chi connectivity index (χ4v) is 1.00. The molecule has 0 spiro atoms. The molecule has 1 aromatic rings. The molecule has 76 valence electrons. The first-order chi connectivity index (χ1) is 6.68. The largest absolute Gasteiger partial charge is 0.490 e. The first kappa shape index (κ1) is 10.9. The third-order valence-electron chi connectivity index (χ3n) is 1.47. The fourth-order valence-electron chi connectivity index (χ4n) is 0.876. The summed E-state index contributed by atoms with van der Waals surface area (Å²) in [7, 11) is 0. The first-order valence-electron chi connectivity index (χ1n) is 4.20. The van der Waals surface area contributed by atoms with Crippen LogP contribution in [0.5, 0.6) is 5.75 Å². The van der Waals surface area contributed by atoms with Gasteiger partial charge in [-0.3, -0.25) is 4.79 Å². The highest BCUT2D eigenvalue weighted by Crippen LogP contribution is 2.15. The van der Waals surface area contributed by atoms with Crippen molar-refractivity contribution in [2.24, 2.45) is 0 Å². The molecule has 0 saturated carbocycles. The van der Waals surface area contributed by atoms with E-state index in [2.05, 4.69) is 0 Å². The fraction of sp³-hybridized carbons (Fsp3) is 0.300. The van der Waals surface area contributed by atoms with E-state index >= 15 is 0 Å². The van der Waals surface area contributed by atoms with Gasteiger partial charge in [-0.25, -0.2) is 0 Å². The lowest BCUT2D eigenvalue weighted by atomic mass is 10.3. The molecule has 0 atom stereocenters. The molecule has 1 rings (SSSR count). The Kier molecular flexibility index (Phi) is 4.26. The van der Waals surface area contributed by atoms with Crippen LogP contribution in [0.3, 0.4) is 0 Å². The average molecular weight is 215 g/mol. The van der Waals surface area contributed by atoms with Crippen molar-refractivity contribution in [3.63, 3.8) is 0 Å². The molecule has 0 bridgehead atoms. The van der Waals surface area contributed by atoms with Gasteiger partial charge in [0.05, 0.1) is 0 Å². The van der Waals surface area contributed by atoms with Crippen LogP contribution >= 0.6 is 11.6 Å². The highest BCUT2D eigenvalue weighted by molar-refractivity contribution is 6.30. The molecule has 3 nitrogen and oxygen atoms in total. The molecule has 0 radical (unpaired) electrons. The zero-order chi connectivity index (χ0) is 10.4. The molecule has 14 heavy (non-hydrogen) atoms. The van der Waals surface area contributed by atoms with Gasteiger partial charge in [0.1, 0.15) is 19.0 Å². The predicted octanol–water partition coefficient (Wildman–Crippen LogP) is 2.28. The maximum atomic E-state index is 10.4. The second kappa shape index (κ2) is 5.50. The van der Waals surface area contributed by atoms with Gasteiger partial charge in [0.2, 0.25) is 0 Å². The molecule has 0 amide bonds. The Balaban J connectivity index is 2.25. The number of hydrogen-bond donors (Lipinski definition) is 0. The summed E-state index contributed by atoms with van der Waals surface area (Å²) >= 11 is 5.69. The number of ether oxygens (including phenoxy) is 2. The highest BCUT2D eigenvalue weighted by Gasteiger charge is 1.95. The predicted molar refractivity (Wildman–Crippen MR) is 53.6 cm³/mol. The number of esters is 1. The summed E-state index contributed by atoms with van der Waals surface area (Å²) in [6.07, 6.45) is 0. The van der Waals surface area contributed by atoms with Crippen molar-refractivity contribution < 1.29 is 14.3 Å². The van der Waals surface area contributed by atoms with Crippen LogP contribution in [0, 0.1) is 0 Å². The number of rotatable bonds is 4. The quantitative estimate of drug-likeness (QED) is 0.570. The molecule has 0 heterocycles. The van der Waals surface area contributed by atoms with Crippen LogP contribution in [0.25, 0.3) is 0 Å². The Bertz CT molecular complexity index is 295. The van der Waals surface area contributed by atoms with Gasteiger partial charge in [-0.15, -0.1) is 0 Å². The molecule has 0 aromatic heterocycles. The lowest BCUT2D eigenvalue weighted by Gasteiger charge is -2.05. The summed E-state index contributed by atoms with van der Waals surface area (Å²) in [5, 5.41) is 0.664. The van der Waals surface area contributed by atoms with Crippen molar-refractivity contribution in [2.75, 3.05) is 13.2 Å². The Hall–Kier alpha value is -1.22. The van der Waals surface area contributed by atoms with E-state index < -0.39 is 0 Å². The minimum Gasteiger partial charge on any atom is -0.490 e. The molecule has 0 saturated heterocycles. The van der Waals surface area contributed by atoms with Crippen LogP contribution < -0.4 is 4.74 Å². The minimum absolute atomic E-state index is 0.262. The topological polar surface area (TPSA) is 35.5 Å². The van der Waals surface area contributed by atoms with E-state index in [1.54, 1.807) is 24.3 Å². The van der Waals surface area contributed by atoms with Crippen LogP contribution in [0.4, 0.5) is 0 Å². The molecule has 0 unspecified atom stereocenters. The maximum absolute atomic E-state index is 10.4. The number of benzene rings is 1. The minimum atomic E-state index is -0.301. The summed E-state index contributed by atoms with van der Waals surface area (Å²) in [5.74, 6) is 0.409. The summed E-state index contributed by atoms with van der Waals surface area (Å²) in [5.41, 5.74) is 0. The van der Waals surface area contributed by atoms with Crippen molar-refractivity contribution in [2.45, 2.75) is 6.92 Å². The Morgan fingerprint density at radius 1 is 1.29 bits per heavy atom. The second-order valence-corrected chi connectivity index (χ2v) is 3.08. The van der Waals surface area contributed by atoms with E-state index in [0.29, 0.717) is 17.4 Å². The molecule has 0 aliphatic carbocycles. The van der Waals surface area contributed by atoms with Crippen molar-refractivity contribution in [1.82, 2.24) is 0 Å². The maximum Gasteiger partial charge on any atom is 0.302 e. The number of halogens is 1. The lowest BCUT2D eigenvalue weighted by Crippen LogP contribution is -2.09. The van der Waals surface area contributed by atoms with Gasteiger partial charge in [0.25, 0.3) is 0 Å². The van der Waals surface area contributed by atoms with Gasteiger partial charge in [-0.05, 0) is 24.3 Å². The van der Waals surface area contributed by atoms with E-state index in [1.165, 1.54) is 6.92 Å². The molecule has 0 N–H and O–H groups in total. The van der Waals surface area contributed by atoms with Crippen molar-refractivity contribution in [3.8, 4) is 5.75 Å². The van der Waals surface area contributed by atoms with E-state index in [1.807, 2.05) is 0 Å². The summed E-state index contributed by atoms with van der Waals surface area (Å²) in [4.78, 5) is 10.4. The van der Waals surface area contributed by atoms with Crippen LogP contribution in [-0.4, -0.2) is 19.2 Å². The van der Waals surface area contributed by atoms with Gasteiger partial charge in [-0.2, -0.15) is 0 Å². The van der Waals surface area contributed by atoms with E-state index in [0.717, 1.165) is 0 Å². The molecule has 4 heteroatoms. The van der Waals surface area contributed by atoms with Crippen molar-refractivity contribution in [1.29, 1.82) is 0 Å². The molecular weight excluding hydrogens is 204 g/mol. The SMILES string of the molecule is CC(=O)OCCOc1ccc(Cl)cc1. The normalized spacial score (nSPS) is 9.57. The Morgan fingerprint density at radius 2 is 1.93 bits per heavy atom. The Labute approximate surface area is 87.6 Å². The molecular formula is C10H11ClO3. The highest BCUT2D eigenvalue weighted by atomic mass is 35.5. The molecule has 0 aliphatic rings. The van der Waals surface area contributed by atoms with Crippen molar-refractivity contribution in [3.05, 3.63) is 29.3 Å². The molecule has 0 fully saturated rings.